The van der Waals surface area contributed by atoms with Crippen molar-refractivity contribution in [2.45, 2.75) is 37.1 Å². The van der Waals surface area contributed by atoms with E-state index in [1.807, 2.05) is 24.3 Å². The summed E-state index contributed by atoms with van der Waals surface area (Å²) in [6.45, 7) is 3.24. The summed E-state index contributed by atoms with van der Waals surface area (Å²) in [6, 6.07) is 11.1. The fourth-order valence-corrected chi connectivity index (χ4v) is 4.86. The Kier molecular flexibility index (Phi) is 5.27. The Hall–Kier alpha value is -1.99. The topological polar surface area (TPSA) is 71.4 Å². The third kappa shape index (κ3) is 3.85. The van der Waals surface area contributed by atoms with Crippen molar-refractivity contribution in [3.8, 4) is 17.2 Å². The molecule has 0 saturated carbocycles. The molecule has 1 saturated heterocycles. The number of aliphatic hydroxyl groups excluding tert-OH is 2. The first-order chi connectivity index (χ1) is 14.5. The van der Waals surface area contributed by atoms with E-state index in [0.29, 0.717) is 37.0 Å². The van der Waals surface area contributed by atoms with Gasteiger partial charge in [0.05, 0.1) is 12.2 Å². The van der Waals surface area contributed by atoms with Crippen molar-refractivity contribution >= 4 is 11.6 Å². The molecular formula is C23H26ClNO5. The number of β-amino-alcohol motifs (C(OH)–C–C–N with tert-alkyl or cyclic N) is 1. The number of fused-ring (bicyclic) bond motifs is 2. The van der Waals surface area contributed by atoms with Gasteiger partial charge >= 0.3 is 0 Å². The van der Waals surface area contributed by atoms with Crippen molar-refractivity contribution in [2.24, 2.45) is 0 Å². The zero-order valence-electron chi connectivity index (χ0n) is 16.7. The summed E-state index contributed by atoms with van der Waals surface area (Å²) in [5, 5.41) is 22.0. The van der Waals surface area contributed by atoms with Crippen molar-refractivity contribution in [3.05, 3.63) is 52.5 Å². The van der Waals surface area contributed by atoms with Gasteiger partial charge in [0.2, 0.25) is 0 Å². The molecule has 3 aliphatic heterocycles. The molecule has 3 heterocycles. The van der Waals surface area contributed by atoms with E-state index < -0.39 is 12.2 Å². The minimum atomic E-state index is -0.601. The number of nitrogens with zero attached hydrogens (tertiary/aromatic N) is 1. The lowest BCUT2D eigenvalue weighted by Gasteiger charge is -2.46. The molecule has 0 aromatic heterocycles. The fourth-order valence-electron chi connectivity index (χ4n) is 4.68. The third-order valence-electron chi connectivity index (χ3n) is 6.37. The Morgan fingerprint density at radius 3 is 2.57 bits per heavy atom. The van der Waals surface area contributed by atoms with Crippen LogP contribution < -0.4 is 14.2 Å². The van der Waals surface area contributed by atoms with E-state index in [2.05, 4.69) is 4.90 Å². The lowest BCUT2D eigenvalue weighted by molar-refractivity contribution is -0.0587. The van der Waals surface area contributed by atoms with E-state index in [1.54, 1.807) is 12.1 Å². The summed E-state index contributed by atoms with van der Waals surface area (Å²) in [5.74, 6) is 2.15. The molecule has 5 rings (SSSR count). The van der Waals surface area contributed by atoms with Crippen LogP contribution in [0.25, 0.3) is 0 Å². The zero-order valence-corrected chi connectivity index (χ0v) is 17.5. The molecular weight excluding hydrogens is 406 g/mol. The summed E-state index contributed by atoms with van der Waals surface area (Å²) in [7, 11) is 0. The molecule has 1 spiro atoms. The molecule has 7 heteroatoms. The Morgan fingerprint density at radius 1 is 1.03 bits per heavy atom. The van der Waals surface area contributed by atoms with E-state index in [-0.39, 0.29) is 5.60 Å². The number of benzene rings is 2. The van der Waals surface area contributed by atoms with Gasteiger partial charge in [0.25, 0.3) is 0 Å². The third-order valence-corrected chi connectivity index (χ3v) is 6.61. The quantitative estimate of drug-likeness (QED) is 0.775. The zero-order chi connectivity index (χ0) is 20.7. The molecule has 1 fully saturated rings. The van der Waals surface area contributed by atoms with Crippen LogP contribution in [0.3, 0.4) is 0 Å². The van der Waals surface area contributed by atoms with Gasteiger partial charge in [-0.15, -0.1) is 0 Å². The molecule has 160 valence electrons. The smallest absolute Gasteiger partial charge is 0.161 e. The number of halogens is 1. The van der Waals surface area contributed by atoms with Crippen LogP contribution in [0.1, 0.15) is 42.6 Å². The van der Waals surface area contributed by atoms with Crippen molar-refractivity contribution in [2.75, 3.05) is 32.8 Å². The molecule has 6 nitrogen and oxygen atoms in total. The fraction of sp³-hybridized carbons (Fsp3) is 0.478. The lowest BCUT2D eigenvalue weighted by Crippen LogP contribution is -2.51. The maximum atomic E-state index is 10.8. The number of hydrogen-bond donors (Lipinski definition) is 2. The Bertz CT molecular complexity index is 928. The number of ether oxygens (including phenoxy) is 3. The SMILES string of the molecule is OC(CN1CCC2(CC1)CC(O)c1cc(Cl)ccc1O2)c1ccc2c(c1)OCCO2. The highest BCUT2D eigenvalue weighted by Gasteiger charge is 2.43. The summed E-state index contributed by atoms with van der Waals surface area (Å²) in [5.41, 5.74) is 1.23. The van der Waals surface area contributed by atoms with Crippen LogP contribution in [0, 0.1) is 0 Å². The molecule has 2 atom stereocenters. The first-order valence-electron chi connectivity index (χ1n) is 10.5. The summed E-state index contributed by atoms with van der Waals surface area (Å²) in [4.78, 5) is 2.25. The minimum Gasteiger partial charge on any atom is -0.487 e. The standard InChI is InChI=1S/C23H26ClNO5/c24-16-2-4-20-17(12-16)18(26)13-23(30-20)5-7-25(8-6-23)14-19(27)15-1-3-21-22(11-15)29-10-9-28-21/h1-4,11-12,18-19,26-27H,5-10,13-14H2. The average Bonchev–Trinajstić information content (AvgIpc) is 2.76. The van der Waals surface area contributed by atoms with Gasteiger partial charge in [-0.1, -0.05) is 17.7 Å². The molecule has 0 amide bonds. The van der Waals surface area contributed by atoms with Gasteiger partial charge in [0.15, 0.2) is 11.5 Å². The highest BCUT2D eigenvalue weighted by Crippen LogP contribution is 2.45. The Morgan fingerprint density at radius 2 is 1.77 bits per heavy atom. The number of likely N-dealkylation sites (tertiary alicyclic amines) is 1. The number of piperidine rings is 1. The monoisotopic (exact) mass is 431 g/mol. The number of hydrogen-bond acceptors (Lipinski definition) is 6. The molecule has 2 unspecified atom stereocenters. The number of rotatable bonds is 3. The maximum absolute atomic E-state index is 10.8. The van der Waals surface area contributed by atoms with E-state index in [0.717, 1.165) is 48.6 Å². The predicted octanol–water partition coefficient (Wildman–Crippen LogP) is 3.50. The van der Waals surface area contributed by atoms with Crippen LogP contribution in [-0.4, -0.2) is 53.6 Å². The van der Waals surface area contributed by atoms with Gasteiger partial charge in [0, 0.05) is 36.6 Å². The normalized spacial score (nSPS) is 23.5. The second-order valence-electron chi connectivity index (χ2n) is 8.41. The van der Waals surface area contributed by atoms with Crippen molar-refractivity contribution in [1.82, 2.24) is 4.90 Å². The van der Waals surface area contributed by atoms with Crippen LogP contribution >= 0.6 is 11.6 Å². The van der Waals surface area contributed by atoms with Gasteiger partial charge in [-0.05, 0) is 48.7 Å². The van der Waals surface area contributed by atoms with Crippen LogP contribution in [0.15, 0.2) is 36.4 Å². The first kappa shape index (κ1) is 19.9. The van der Waals surface area contributed by atoms with E-state index >= 15 is 0 Å². The largest absolute Gasteiger partial charge is 0.487 e. The van der Waals surface area contributed by atoms with Crippen molar-refractivity contribution in [1.29, 1.82) is 0 Å². The van der Waals surface area contributed by atoms with E-state index in [4.69, 9.17) is 25.8 Å². The molecule has 3 aliphatic rings. The van der Waals surface area contributed by atoms with Gasteiger partial charge in [-0.25, -0.2) is 0 Å². The van der Waals surface area contributed by atoms with Crippen LogP contribution in [0.4, 0.5) is 0 Å². The molecule has 0 radical (unpaired) electrons. The molecule has 2 aromatic carbocycles. The van der Waals surface area contributed by atoms with Gasteiger partial charge in [0.1, 0.15) is 24.6 Å². The second kappa shape index (κ2) is 7.93. The highest BCUT2D eigenvalue weighted by atomic mass is 35.5. The predicted molar refractivity (Wildman–Crippen MR) is 112 cm³/mol. The molecule has 2 N–H and O–H groups in total. The Labute approximate surface area is 180 Å². The van der Waals surface area contributed by atoms with Crippen LogP contribution in [0.5, 0.6) is 17.2 Å². The van der Waals surface area contributed by atoms with Gasteiger partial charge in [-0.2, -0.15) is 0 Å². The average molecular weight is 432 g/mol. The van der Waals surface area contributed by atoms with Crippen LogP contribution in [0.2, 0.25) is 5.02 Å². The molecule has 2 aromatic rings. The van der Waals surface area contributed by atoms with E-state index in [9.17, 15) is 10.2 Å². The molecule has 30 heavy (non-hydrogen) atoms. The maximum Gasteiger partial charge on any atom is 0.161 e. The summed E-state index contributed by atoms with van der Waals surface area (Å²) < 4.78 is 17.5. The van der Waals surface area contributed by atoms with Crippen molar-refractivity contribution in [3.63, 3.8) is 0 Å². The van der Waals surface area contributed by atoms with Gasteiger partial charge < -0.3 is 29.3 Å². The molecule has 0 bridgehead atoms. The second-order valence-corrected chi connectivity index (χ2v) is 8.84. The number of aliphatic hydroxyl groups is 2. The summed E-state index contributed by atoms with van der Waals surface area (Å²) in [6.07, 6.45) is 1.01. The Balaban J connectivity index is 1.22. The summed E-state index contributed by atoms with van der Waals surface area (Å²) >= 11 is 6.06. The van der Waals surface area contributed by atoms with Crippen molar-refractivity contribution < 1.29 is 24.4 Å². The molecule has 0 aliphatic carbocycles. The first-order valence-corrected chi connectivity index (χ1v) is 10.9. The highest BCUT2D eigenvalue weighted by molar-refractivity contribution is 6.30. The van der Waals surface area contributed by atoms with E-state index in [1.165, 1.54) is 0 Å². The lowest BCUT2D eigenvalue weighted by atomic mass is 9.81. The minimum absolute atomic E-state index is 0.362. The van der Waals surface area contributed by atoms with Gasteiger partial charge in [-0.3, -0.25) is 0 Å². The van der Waals surface area contributed by atoms with Crippen LogP contribution in [-0.2, 0) is 0 Å².